The molecule has 1 N–H and O–H groups in total. The molecular formula is C19H16BrN3O2. The molecule has 1 aromatic heterocycles. The maximum absolute atomic E-state index is 12.2. The van der Waals surface area contributed by atoms with E-state index in [1.54, 1.807) is 36.4 Å². The SMILES string of the molecule is Cc1cc(C)nc(Oc2ccc(NC(=O)c3ccc(Br)cc3)cc2)n1. The van der Waals surface area contributed by atoms with Crippen LogP contribution in [0.2, 0.25) is 0 Å². The molecule has 2 aromatic carbocycles. The van der Waals surface area contributed by atoms with Gasteiger partial charge in [0.25, 0.3) is 5.91 Å². The molecule has 1 heterocycles. The van der Waals surface area contributed by atoms with Crippen LogP contribution >= 0.6 is 15.9 Å². The first-order valence-electron chi connectivity index (χ1n) is 7.67. The predicted molar refractivity (Wildman–Crippen MR) is 100 cm³/mol. The van der Waals surface area contributed by atoms with Crippen LogP contribution in [0.3, 0.4) is 0 Å². The highest BCUT2D eigenvalue weighted by Crippen LogP contribution is 2.21. The largest absolute Gasteiger partial charge is 0.424 e. The molecule has 25 heavy (non-hydrogen) atoms. The Morgan fingerprint density at radius 3 is 2.16 bits per heavy atom. The maximum atomic E-state index is 12.2. The van der Waals surface area contributed by atoms with Gasteiger partial charge in [-0.1, -0.05) is 15.9 Å². The predicted octanol–water partition coefficient (Wildman–Crippen LogP) is 4.90. The van der Waals surface area contributed by atoms with Crippen LogP contribution in [0.4, 0.5) is 5.69 Å². The Balaban J connectivity index is 1.67. The zero-order valence-corrected chi connectivity index (χ0v) is 15.4. The highest BCUT2D eigenvalue weighted by Gasteiger charge is 2.07. The first-order valence-corrected chi connectivity index (χ1v) is 8.46. The normalized spacial score (nSPS) is 10.4. The Kier molecular flexibility index (Phi) is 5.09. The van der Waals surface area contributed by atoms with Crippen molar-refractivity contribution in [3.63, 3.8) is 0 Å². The molecule has 0 saturated carbocycles. The Hall–Kier alpha value is -2.73. The molecule has 0 aliphatic heterocycles. The van der Waals surface area contributed by atoms with Crippen molar-refractivity contribution in [1.82, 2.24) is 9.97 Å². The molecule has 0 unspecified atom stereocenters. The second kappa shape index (κ2) is 7.44. The number of hydrogen-bond donors (Lipinski definition) is 1. The molecule has 0 spiro atoms. The molecule has 0 bridgehead atoms. The van der Waals surface area contributed by atoms with E-state index in [1.807, 2.05) is 32.0 Å². The van der Waals surface area contributed by atoms with Crippen molar-refractivity contribution in [2.75, 3.05) is 5.32 Å². The van der Waals surface area contributed by atoms with E-state index < -0.39 is 0 Å². The number of halogens is 1. The van der Waals surface area contributed by atoms with Crippen LogP contribution in [0, 0.1) is 13.8 Å². The quantitative estimate of drug-likeness (QED) is 0.679. The van der Waals surface area contributed by atoms with E-state index in [9.17, 15) is 4.79 Å². The number of nitrogens with one attached hydrogen (secondary N) is 1. The van der Waals surface area contributed by atoms with Gasteiger partial charge in [0, 0.05) is 27.1 Å². The lowest BCUT2D eigenvalue weighted by Crippen LogP contribution is -2.11. The minimum Gasteiger partial charge on any atom is -0.424 e. The standard InChI is InChI=1S/C19H16BrN3O2/c1-12-11-13(2)22-19(21-12)25-17-9-7-16(8-10-17)23-18(24)14-3-5-15(20)6-4-14/h3-11H,1-2H3,(H,23,24). The van der Waals surface area contributed by atoms with Crippen molar-refractivity contribution >= 4 is 27.5 Å². The minimum atomic E-state index is -0.168. The van der Waals surface area contributed by atoms with Crippen LogP contribution in [0.25, 0.3) is 0 Å². The molecule has 126 valence electrons. The summed E-state index contributed by atoms with van der Waals surface area (Å²) in [4.78, 5) is 20.7. The summed E-state index contributed by atoms with van der Waals surface area (Å²) in [6.07, 6.45) is 0. The van der Waals surface area contributed by atoms with Crippen LogP contribution in [0.1, 0.15) is 21.7 Å². The van der Waals surface area contributed by atoms with E-state index in [2.05, 4.69) is 31.2 Å². The van der Waals surface area contributed by atoms with Gasteiger partial charge in [0.2, 0.25) is 0 Å². The molecule has 6 heteroatoms. The molecule has 0 aliphatic carbocycles. The highest BCUT2D eigenvalue weighted by atomic mass is 79.9. The number of anilines is 1. The Morgan fingerprint density at radius 1 is 0.960 bits per heavy atom. The molecule has 1 amide bonds. The summed E-state index contributed by atoms with van der Waals surface area (Å²) in [5, 5.41) is 2.85. The van der Waals surface area contributed by atoms with Gasteiger partial charge in [0.15, 0.2) is 0 Å². The van der Waals surface area contributed by atoms with Crippen molar-refractivity contribution in [2.45, 2.75) is 13.8 Å². The summed E-state index contributed by atoms with van der Waals surface area (Å²) in [6, 6.07) is 16.4. The van der Waals surface area contributed by atoms with E-state index in [0.717, 1.165) is 15.9 Å². The number of aromatic nitrogens is 2. The number of hydrogen-bond acceptors (Lipinski definition) is 4. The van der Waals surface area contributed by atoms with Gasteiger partial charge < -0.3 is 10.1 Å². The summed E-state index contributed by atoms with van der Waals surface area (Å²) in [5.41, 5.74) is 2.97. The second-order valence-electron chi connectivity index (χ2n) is 5.52. The Morgan fingerprint density at radius 2 is 1.56 bits per heavy atom. The monoisotopic (exact) mass is 397 g/mol. The van der Waals surface area contributed by atoms with Gasteiger partial charge >= 0.3 is 6.01 Å². The molecule has 3 rings (SSSR count). The van der Waals surface area contributed by atoms with Crippen molar-refractivity contribution < 1.29 is 9.53 Å². The zero-order chi connectivity index (χ0) is 17.8. The summed E-state index contributed by atoms with van der Waals surface area (Å²) in [7, 11) is 0. The fraction of sp³-hybridized carbons (Fsp3) is 0.105. The first kappa shape index (κ1) is 17.1. The van der Waals surface area contributed by atoms with Crippen molar-refractivity contribution in [2.24, 2.45) is 0 Å². The molecule has 0 saturated heterocycles. The number of rotatable bonds is 4. The number of ether oxygens (including phenoxy) is 1. The smallest absolute Gasteiger partial charge is 0.322 e. The van der Waals surface area contributed by atoms with Crippen molar-refractivity contribution in [3.05, 3.63) is 76.0 Å². The second-order valence-corrected chi connectivity index (χ2v) is 6.44. The van der Waals surface area contributed by atoms with Crippen LogP contribution in [-0.4, -0.2) is 15.9 Å². The average Bonchev–Trinajstić information content (AvgIpc) is 2.56. The number of nitrogens with zero attached hydrogens (tertiary/aromatic N) is 2. The molecule has 0 radical (unpaired) electrons. The van der Waals surface area contributed by atoms with Crippen molar-refractivity contribution in [1.29, 1.82) is 0 Å². The van der Waals surface area contributed by atoms with E-state index in [0.29, 0.717) is 23.0 Å². The van der Waals surface area contributed by atoms with E-state index in [4.69, 9.17) is 4.74 Å². The molecule has 0 atom stereocenters. The van der Waals surface area contributed by atoms with Gasteiger partial charge in [0.1, 0.15) is 5.75 Å². The van der Waals surface area contributed by atoms with Gasteiger partial charge in [-0.3, -0.25) is 4.79 Å². The summed E-state index contributed by atoms with van der Waals surface area (Å²) in [6.45, 7) is 3.78. The molecule has 5 nitrogen and oxygen atoms in total. The Labute approximate surface area is 154 Å². The lowest BCUT2D eigenvalue weighted by molar-refractivity contribution is 0.102. The van der Waals surface area contributed by atoms with Crippen molar-refractivity contribution in [3.8, 4) is 11.8 Å². The van der Waals surface area contributed by atoms with Gasteiger partial charge in [0.05, 0.1) is 0 Å². The van der Waals surface area contributed by atoms with Crippen LogP contribution < -0.4 is 10.1 Å². The summed E-state index contributed by atoms with van der Waals surface area (Å²) >= 11 is 3.35. The van der Waals surface area contributed by atoms with Gasteiger partial charge in [-0.05, 0) is 68.4 Å². The molecule has 3 aromatic rings. The number of amides is 1. The fourth-order valence-electron chi connectivity index (χ4n) is 2.26. The van der Waals surface area contributed by atoms with Gasteiger partial charge in [-0.2, -0.15) is 0 Å². The number of carbonyl (C=O) groups is 1. The number of aryl methyl sites for hydroxylation is 2. The summed E-state index contributed by atoms with van der Waals surface area (Å²) < 4.78 is 6.59. The third kappa shape index (κ3) is 4.64. The fourth-order valence-corrected chi connectivity index (χ4v) is 2.52. The summed E-state index contributed by atoms with van der Waals surface area (Å²) in [5.74, 6) is 0.436. The van der Waals surface area contributed by atoms with E-state index in [-0.39, 0.29) is 5.91 Å². The molecular weight excluding hydrogens is 382 g/mol. The van der Waals surface area contributed by atoms with E-state index in [1.165, 1.54) is 0 Å². The average molecular weight is 398 g/mol. The zero-order valence-electron chi connectivity index (χ0n) is 13.8. The van der Waals surface area contributed by atoms with Gasteiger partial charge in [-0.25, -0.2) is 9.97 Å². The minimum absolute atomic E-state index is 0.168. The highest BCUT2D eigenvalue weighted by molar-refractivity contribution is 9.10. The van der Waals surface area contributed by atoms with Gasteiger partial charge in [-0.15, -0.1) is 0 Å². The van der Waals surface area contributed by atoms with Crippen LogP contribution in [-0.2, 0) is 0 Å². The molecule has 0 aliphatic rings. The molecule has 0 fully saturated rings. The third-order valence-corrected chi connectivity index (χ3v) is 3.92. The van der Waals surface area contributed by atoms with E-state index >= 15 is 0 Å². The van der Waals surface area contributed by atoms with Crippen LogP contribution in [0.15, 0.2) is 59.1 Å². The number of carbonyl (C=O) groups excluding carboxylic acids is 1. The third-order valence-electron chi connectivity index (χ3n) is 3.39. The lowest BCUT2D eigenvalue weighted by Gasteiger charge is -2.08. The first-order chi connectivity index (χ1) is 12.0. The Bertz CT molecular complexity index is 873. The topological polar surface area (TPSA) is 64.1 Å². The maximum Gasteiger partial charge on any atom is 0.322 e. The lowest BCUT2D eigenvalue weighted by atomic mass is 10.2. The number of benzene rings is 2. The van der Waals surface area contributed by atoms with Crippen LogP contribution in [0.5, 0.6) is 11.8 Å².